The quantitative estimate of drug-likeness (QED) is 0.742. The van der Waals surface area contributed by atoms with Crippen LogP contribution in [0.25, 0.3) is 0 Å². The van der Waals surface area contributed by atoms with E-state index < -0.39 is 0 Å². The van der Waals surface area contributed by atoms with Gasteiger partial charge in [-0.3, -0.25) is 9.48 Å². The molecule has 2 aromatic rings. The van der Waals surface area contributed by atoms with Crippen molar-refractivity contribution in [3.05, 3.63) is 46.7 Å². The number of nitrogens with zero attached hydrogens (tertiary/aromatic N) is 3. The first-order valence-corrected chi connectivity index (χ1v) is 9.25. The molecule has 140 valence electrons. The Bertz CT molecular complexity index is 739. The topological polar surface area (TPSA) is 56.6 Å². The number of aromatic nitrogens is 2. The monoisotopic (exact) mass is 377 g/mol. The number of benzene rings is 1. The third-order valence-electron chi connectivity index (χ3n) is 4.51. The van der Waals surface area contributed by atoms with E-state index in [1.165, 1.54) is 0 Å². The maximum absolute atomic E-state index is 13.1. The van der Waals surface area contributed by atoms with Gasteiger partial charge in [-0.05, 0) is 37.5 Å². The lowest BCUT2D eigenvalue weighted by atomic mass is 10.1. The number of halogens is 1. The van der Waals surface area contributed by atoms with E-state index in [0.29, 0.717) is 30.4 Å². The minimum absolute atomic E-state index is 0.0595. The van der Waals surface area contributed by atoms with Crippen molar-refractivity contribution < 1.29 is 14.3 Å². The van der Waals surface area contributed by atoms with Gasteiger partial charge in [0.05, 0.1) is 18.2 Å². The second-order valence-electron chi connectivity index (χ2n) is 6.35. The summed E-state index contributed by atoms with van der Waals surface area (Å²) in [5, 5.41) is 4.70. The lowest BCUT2D eigenvalue weighted by Crippen LogP contribution is -2.37. The summed E-state index contributed by atoms with van der Waals surface area (Å²) < 4.78 is 12.6. The normalized spacial score (nSPS) is 16.7. The molecule has 1 aliphatic rings. The maximum Gasteiger partial charge on any atom is 0.276 e. The van der Waals surface area contributed by atoms with Crippen LogP contribution in [0.1, 0.15) is 35.8 Å². The summed E-state index contributed by atoms with van der Waals surface area (Å²) in [4.78, 5) is 14.9. The van der Waals surface area contributed by atoms with Gasteiger partial charge in [0.2, 0.25) is 0 Å². The Hall–Kier alpha value is -2.05. The van der Waals surface area contributed by atoms with Gasteiger partial charge < -0.3 is 14.4 Å². The SMILES string of the molecule is CCn1cc(Cl)c(C(=O)N(Cc2ccc(OC)cc2)C[C@H]2CCCO2)n1. The molecule has 1 saturated heterocycles. The van der Waals surface area contributed by atoms with Crippen LogP contribution in [0.4, 0.5) is 0 Å². The number of carbonyl (C=O) groups is 1. The first kappa shape index (κ1) is 18.7. The zero-order valence-electron chi connectivity index (χ0n) is 15.2. The van der Waals surface area contributed by atoms with Crippen molar-refractivity contribution in [1.82, 2.24) is 14.7 Å². The van der Waals surface area contributed by atoms with E-state index in [1.807, 2.05) is 31.2 Å². The number of amides is 1. The molecule has 1 aliphatic heterocycles. The van der Waals surface area contributed by atoms with Crippen molar-refractivity contribution in [2.24, 2.45) is 0 Å². The highest BCUT2D eigenvalue weighted by atomic mass is 35.5. The molecule has 2 heterocycles. The Morgan fingerprint density at radius 1 is 1.42 bits per heavy atom. The molecule has 26 heavy (non-hydrogen) atoms. The maximum atomic E-state index is 13.1. The van der Waals surface area contributed by atoms with Gasteiger partial charge >= 0.3 is 0 Å². The average Bonchev–Trinajstić information content (AvgIpc) is 3.30. The van der Waals surface area contributed by atoms with E-state index in [4.69, 9.17) is 21.1 Å². The third kappa shape index (κ3) is 4.37. The van der Waals surface area contributed by atoms with Crippen LogP contribution in [0.15, 0.2) is 30.5 Å². The zero-order chi connectivity index (χ0) is 18.5. The van der Waals surface area contributed by atoms with Gasteiger partial charge in [-0.25, -0.2) is 0 Å². The van der Waals surface area contributed by atoms with Gasteiger partial charge in [-0.2, -0.15) is 5.10 Å². The summed E-state index contributed by atoms with van der Waals surface area (Å²) in [7, 11) is 1.63. The molecule has 3 rings (SSSR count). The van der Waals surface area contributed by atoms with Crippen LogP contribution < -0.4 is 4.74 Å². The zero-order valence-corrected chi connectivity index (χ0v) is 15.9. The number of hydrogen-bond donors (Lipinski definition) is 0. The second kappa shape index (κ2) is 8.56. The number of methoxy groups -OCH3 is 1. The molecular formula is C19H24ClN3O3. The molecule has 1 aromatic carbocycles. The van der Waals surface area contributed by atoms with Crippen LogP contribution in [-0.4, -0.2) is 47.0 Å². The van der Waals surface area contributed by atoms with Crippen molar-refractivity contribution in [2.45, 2.75) is 39.0 Å². The molecule has 6 nitrogen and oxygen atoms in total. The van der Waals surface area contributed by atoms with Crippen LogP contribution in [-0.2, 0) is 17.8 Å². The lowest BCUT2D eigenvalue weighted by molar-refractivity contribution is 0.0502. The molecule has 1 amide bonds. The van der Waals surface area contributed by atoms with Crippen molar-refractivity contribution in [2.75, 3.05) is 20.3 Å². The summed E-state index contributed by atoms with van der Waals surface area (Å²) >= 11 is 6.24. The van der Waals surface area contributed by atoms with E-state index in [0.717, 1.165) is 30.8 Å². The van der Waals surface area contributed by atoms with Gasteiger partial charge in [-0.1, -0.05) is 23.7 Å². The standard InChI is InChI=1S/C19H24ClN3O3/c1-3-23-13-17(20)18(21-23)19(24)22(12-16-5-4-10-26-16)11-14-6-8-15(25-2)9-7-14/h6-9,13,16H,3-5,10-12H2,1-2H3/t16-/m1/s1. The fraction of sp³-hybridized carbons (Fsp3) is 0.474. The Labute approximate surface area is 158 Å². The largest absolute Gasteiger partial charge is 0.497 e. The molecule has 1 aromatic heterocycles. The Morgan fingerprint density at radius 3 is 2.77 bits per heavy atom. The minimum atomic E-state index is -0.173. The van der Waals surface area contributed by atoms with E-state index in [-0.39, 0.29) is 12.0 Å². The van der Waals surface area contributed by atoms with Crippen molar-refractivity contribution in [3.8, 4) is 5.75 Å². The van der Waals surface area contributed by atoms with E-state index in [2.05, 4.69) is 5.10 Å². The molecule has 7 heteroatoms. The van der Waals surface area contributed by atoms with Crippen LogP contribution in [0.2, 0.25) is 5.02 Å². The molecule has 1 atom stereocenters. The lowest BCUT2D eigenvalue weighted by Gasteiger charge is -2.25. The summed E-state index contributed by atoms with van der Waals surface area (Å²) in [5.74, 6) is 0.615. The predicted molar refractivity (Wildman–Crippen MR) is 99.6 cm³/mol. The van der Waals surface area contributed by atoms with Crippen molar-refractivity contribution >= 4 is 17.5 Å². The van der Waals surface area contributed by atoms with Crippen LogP contribution >= 0.6 is 11.6 Å². The molecular weight excluding hydrogens is 354 g/mol. The van der Waals surface area contributed by atoms with Gasteiger partial charge in [0, 0.05) is 32.4 Å². The summed E-state index contributed by atoms with van der Waals surface area (Å²) in [6.07, 6.45) is 3.74. The fourth-order valence-corrected chi connectivity index (χ4v) is 3.29. The number of ether oxygens (including phenoxy) is 2. The molecule has 0 bridgehead atoms. The Balaban J connectivity index is 1.81. The van der Waals surface area contributed by atoms with E-state index in [9.17, 15) is 4.79 Å². The molecule has 0 spiro atoms. The third-order valence-corrected chi connectivity index (χ3v) is 4.79. The highest BCUT2D eigenvalue weighted by molar-refractivity contribution is 6.33. The predicted octanol–water partition coefficient (Wildman–Crippen LogP) is 3.39. The van der Waals surface area contributed by atoms with Crippen LogP contribution in [0, 0.1) is 0 Å². The van der Waals surface area contributed by atoms with Crippen LogP contribution in [0.3, 0.4) is 0 Å². The number of aryl methyl sites for hydroxylation is 1. The van der Waals surface area contributed by atoms with Crippen LogP contribution in [0.5, 0.6) is 5.75 Å². The molecule has 1 fully saturated rings. The number of rotatable bonds is 7. The Morgan fingerprint density at radius 2 is 2.19 bits per heavy atom. The van der Waals surface area contributed by atoms with Crippen molar-refractivity contribution in [3.63, 3.8) is 0 Å². The molecule has 0 saturated carbocycles. The first-order chi connectivity index (χ1) is 12.6. The molecule has 0 unspecified atom stereocenters. The minimum Gasteiger partial charge on any atom is -0.497 e. The average molecular weight is 378 g/mol. The van der Waals surface area contributed by atoms with Gasteiger partial charge in [0.1, 0.15) is 5.75 Å². The molecule has 0 aliphatic carbocycles. The van der Waals surface area contributed by atoms with Gasteiger partial charge in [-0.15, -0.1) is 0 Å². The summed E-state index contributed by atoms with van der Waals surface area (Å²) in [6.45, 7) is 4.37. The second-order valence-corrected chi connectivity index (χ2v) is 6.76. The number of carbonyl (C=O) groups excluding carboxylic acids is 1. The van der Waals surface area contributed by atoms with E-state index >= 15 is 0 Å². The Kier molecular flexibility index (Phi) is 6.16. The highest BCUT2D eigenvalue weighted by Crippen LogP contribution is 2.21. The van der Waals surface area contributed by atoms with E-state index in [1.54, 1.807) is 22.9 Å². The van der Waals surface area contributed by atoms with Gasteiger partial charge in [0.15, 0.2) is 5.69 Å². The summed E-state index contributed by atoms with van der Waals surface area (Å²) in [6, 6.07) is 7.70. The van der Waals surface area contributed by atoms with Crippen molar-refractivity contribution in [1.29, 1.82) is 0 Å². The highest BCUT2D eigenvalue weighted by Gasteiger charge is 2.26. The summed E-state index contributed by atoms with van der Waals surface area (Å²) in [5.41, 5.74) is 1.31. The van der Waals surface area contributed by atoms with Gasteiger partial charge in [0.25, 0.3) is 5.91 Å². The fourth-order valence-electron chi connectivity index (χ4n) is 3.06. The smallest absolute Gasteiger partial charge is 0.276 e. The molecule has 0 N–H and O–H groups in total. The number of hydrogen-bond acceptors (Lipinski definition) is 4. The first-order valence-electron chi connectivity index (χ1n) is 8.87. The molecule has 0 radical (unpaired) electrons.